The predicted molar refractivity (Wildman–Crippen MR) is 60.4 cm³/mol. The fourth-order valence-corrected chi connectivity index (χ4v) is 1.95. The fourth-order valence-electron chi connectivity index (χ4n) is 1.95. The summed E-state index contributed by atoms with van der Waals surface area (Å²) in [5.41, 5.74) is 0. The summed E-state index contributed by atoms with van der Waals surface area (Å²) in [5.74, 6) is 1.49. The lowest BCUT2D eigenvalue weighted by molar-refractivity contribution is -0.119. The topological polar surface area (TPSA) is 65.2 Å². The smallest absolute Gasteiger partial charge is 0.234 e. The molecule has 1 saturated heterocycles. The molecule has 1 aliphatic rings. The summed E-state index contributed by atoms with van der Waals surface area (Å²) in [7, 11) is 0. The SMILES string of the molecule is CC(C)CC(=O)Cc1nc(C2CCCO2)no1. The molecule has 94 valence electrons. The van der Waals surface area contributed by atoms with Gasteiger partial charge in [-0.1, -0.05) is 19.0 Å². The Hall–Kier alpha value is -1.23. The Morgan fingerprint density at radius 2 is 2.35 bits per heavy atom. The van der Waals surface area contributed by atoms with Gasteiger partial charge in [-0.05, 0) is 18.8 Å². The van der Waals surface area contributed by atoms with E-state index < -0.39 is 0 Å². The maximum Gasteiger partial charge on any atom is 0.234 e. The van der Waals surface area contributed by atoms with Crippen LogP contribution in [-0.2, 0) is 16.0 Å². The van der Waals surface area contributed by atoms with E-state index >= 15 is 0 Å². The van der Waals surface area contributed by atoms with Crippen molar-refractivity contribution in [3.05, 3.63) is 11.7 Å². The standard InChI is InChI=1S/C12H18N2O3/c1-8(2)6-9(15)7-11-13-12(14-17-11)10-4-3-5-16-10/h8,10H,3-7H2,1-2H3. The highest BCUT2D eigenvalue weighted by molar-refractivity contribution is 5.80. The van der Waals surface area contributed by atoms with Crippen LogP contribution in [0.3, 0.4) is 0 Å². The zero-order chi connectivity index (χ0) is 12.3. The third-order valence-corrected chi connectivity index (χ3v) is 2.69. The van der Waals surface area contributed by atoms with Gasteiger partial charge in [0.05, 0.1) is 6.42 Å². The highest BCUT2D eigenvalue weighted by Crippen LogP contribution is 2.26. The van der Waals surface area contributed by atoms with Gasteiger partial charge in [-0.2, -0.15) is 4.98 Å². The lowest BCUT2D eigenvalue weighted by atomic mass is 10.1. The second-order valence-electron chi connectivity index (χ2n) is 4.86. The Morgan fingerprint density at radius 3 is 3.00 bits per heavy atom. The van der Waals surface area contributed by atoms with Gasteiger partial charge in [0.25, 0.3) is 0 Å². The van der Waals surface area contributed by atoms with E-state index in [9.17, 15) is 4.79 Å². The molecule has 1 aromatic rings. The first-order chi connectivity index (χ1) is 8.15. The van der Waals surface area contributed by atoms with Crippen molar-refractivity contribution in [2.75, 3.05) is 6.61 Å². The van der Waals surface area contributed by atoms with Crippen molar-refractivity contribution in [1.82, 2.24) is 10.1 Å². The molecule has 1 aromatic heterocycles. The Morgan fingerprint density at radius 1 is 1.53 bits per heavy atom. The van der Waals surface area contributed by atoms with Crippen LogP contribution in [0.5, 0.6) is 0 Å². The Kier molecular flexibility index (Phi) is 3.89. The van der Waals surface area contributed by atoms with Crippen molar-refractivity contribution in [3.8, 4) is 0 Å². The minimum Gasteiger partial charge on any atom is -0.370 e. The third-order valence-electron chi connectivity index (χ3n) is 2.69. The highest BCUT2D eigenvalue weighted by atomic mass is 16.5. The zero-order valence-corrected chi connectivity index (χ0v) is 10.3. The minimum atomic E-state index is -0.0484. The predicted octanol–water partition coefficient (Wildman–Crippen LogP) is 2.08. The molecule has 2 heterocycles. The van der Waals surface area contributed by atoms with Gasteiger partial charge in [0.15, 0.2) is 0 Å². The second-order valence-corrected chi connectivity index (χ2v) is 4.86. The number of hydrogen-bond acceptors (Lipinski definition) is 5. The summed E-state index contributed by atoms with van der Waals surface area (Å²) in [5, 5.41) is 3.87. The summed E-state index contributed by atoms with van der Waals surface area (Å²) in [6.45, 7) is 4.79. The summed E-state index contributed by atoms with van der Waals surface area (Å²) in [4.78, 5) is 15.8. The number of ether oxygens (including phenoxy) is 1. The van der Waals surface area contributed by atoms with Crippen LogP contribution in [-0.4, -0.2) is 22.5 Å². The van der Waals surface area contributed by atoms with E-state index in [1.807, 2.05) is 13.8 Å². The van der Waals surface area contributed by atoms with Gasteiger partial charge in [-0.15, -0.1) is 0 Å². The average Bonchev–Trinajstić information content (AvgIpc) is 2.84. The number of carbonyl (C=O) groups excluding carboxylic acids is 1. The van der Waals surface area contributed by atoms with Crippen LogP contribution in [0.1, 0.15) is 50.9 Å². The summed E-state index contributed by atoms with van der Waals surface area (Å²) in [6.07, 6.45) is 2.70. The molecule has 1 fully saturated rings. The average molecular weight is 238 g/mol. The van der Waals surface area contributed by atoms with Crippen molar-refractivity contribution in [1.29, 1.82) is 0 Å². The van der Waals surface area contributed by atoms with Gasteiger partial charge in [-0.25, -0.2) is 0 Å². The molecule has 1 atom stereocenters. The van der Waals surface area contributed by atoms with Gasteiger partial charge in [-0.3, -0.25) is 4.79 Å². The molecular formula is C12H18N2O3. The van der Waals surface area contributed by atoms with E-state index in [2.05, 4.69) is 10.1 Å². The van der Waals surface area contributed by atoms with E-state index in [0.29, 0.717) is 24.1 Å². The van der Waals surface area contributed by atoms with Gasteiger partial charge < -0.3 is 9.26 Å². The van der Waals surface area contributed by atoms with Crippen molar-refractivity contribution >= 4 is 5.78 Å². The quantitative estimate of drug-likeness (QED) is 0.785. The fraction of sp³-hybridized carbons (Fsp3) is 0.750. The van der Waals surface area contributed by atoms with E-state index in [1.165, 1.54) is 0 Å². The lowest BCUT2D eigenvalue weighted by Gasteiger charge is -2.01. The van der Waals surface area contributed by atoms with E-state index in [4.69, 9.17) is 9.26 Å². The molecule has 0 radical (unpaired) electrons. The van der Waals surface area contributed by atoms with Crippen molar-refractivity contribution in [2.45, 2.75) is 45.6 Å². The summed E-state index contributed by atoms with van der Waals surface area (Å²) in [6, 6.07) is 0. The molecule has 5 nitrogen and oxygen atoms in total. The molecule has 1 aliphatic heterocycles. The van der Waals surface area contributed by atoms with Crippen LogP contribution in [0.4, 0.5) is 0 Å². The summed E-state index contributed by atoms with van der Waals surface area (Å²) >= 11 is 0. The van der Waals surface area contributed by atoms with Crippen LogP contribution < -0.4 is 0 Å². The van der Waals surface area contributed by atoms with Gasteiger partial charge in [0.1, 0.15) is 11.9 Å². The number of carbonyl (C=O) groups is 1. The molecule has 0 N–H and O–H groups in total. The van der Waals surface area contributed by atoms with Crippen LogP contribution in [0, 0.1) is 5.92 Å². The van der Waals surface area contributed by atoms with Crippen LogP contribution in [0.2, 0.25) is 0 Å². The number of aromatic nitrogens is 2. The molecule has 2 rings (SSSR count). The number of Topliss-reactive ketones (excluding diaryl/α,β-unsaturated/α-hetero) is 1. The van der Waals surface area contributed by atoms with Crippen LogP contribution in [0.25, 0.3) is 0 Å². The molecule has 0 aromatic carbocycles. The molecule has 5 heteroatoms. The number of hydrogen-bond donors (Lipinski definition) is 0. The molecule has 17 heavy (non-hydrogen) atoms. The maximum atomic E-state index is 11.6. The molecule has 0 saturated carbocycles. The normalized spacial score (nSPS) is 20.1. The number of nitrogens with zero attached hydrogens (tertiary/aromatic N) is 2. The monoisotopic (exact) mass is 238 g/mol. The third kappa shape index (κ3) is 3.36. The lowest BCUT2D eigenvalue weighted by Crippen LogP contribution is -2.07. The Bertz CT molecular complexity index is 381. The van der Waals surface area contributed by atoms with Gasteiger partial charge in [0, 0.05) is 13.0 Å². The minimum absolute atomic E-state index is 0.0484. The first kappa shape index (κ1) is 12.2. The second kappa shape index (κ2) is 5.40. The summed E-state index contributed by atoms with van der Waals surface area (Å²) < 4.78 is 10.5. The van der Waals surface area contributed by atoms with E-state index in [-0.39, 0.29) is 18.3 Å². The number of ketones is 1. The molecule has 0 amide bonds. The van der Waals surface area contributed by atoms with Crippen molar-refractivity contribution in [3.63, 3.8) is 0 Å². The number of rotatable bonds is 5. The van der Waals surface area contributed by atoms with Gasteiger partial charge in [0.2, 0.25) is 11.7 Å². The molecule has 1 unspecified atom stereocenters. The van der Waals surface area contributed by atoms with Gasteiger partial charge >= 0.3 is 0 Å². The Balaban J connectivity index is 1.91. The van der Waals surface area contributed by atoms with E-state index in [0.717, 1.165) is 19.4 Å². The first-order valence-electron chi connectivity index (χ1n) is 6.11. The maximum absolute atomic E-state index is 11.6. The molecular weight excluding hydrogens is 220 g/mol. The van der Waals surface area contributed by atoms with E-state index in [1.54, 1.807) is 0 Å². The molecule has 0 spiro atoms. The Labute approximate surface area is 101 Å². The first-order valence-corrected chi connectivity index (χ1v) is 6.11. The van der Waals surface area contributed by atoms with Crippen molar-refractivity contribution < 1.29 is 14.1 Å². The van der Waals surface area contributed by atoms with Crippen LogP contribution in [0.15, 0.2) is 4.52 Å². The van der Waals surface area contributed by atoms with Crippen LogP contribution >= 0.6 is 0 Å². The molecule has 0 bridgehead atoms. The van der Waals surface area contributed by atoms with Crippen molar-refractivity contribution in [2.24, 2.45) is 5.92 Å². The zero-order valence-electron chi connectivity index (χ0n) is 10.3. The molecule has 0 aliphatic carbocycles. The largest absolute Gasteiger partial charge is 0.370 e. The highest BCUT2D eigenvalue weighted by Gasteiger charge is 2.23.